The molecule has 1 N–H and O–H groups in total. The molecule has 0 saturated carbocycles. The number of carbonyl (C=O) groups is 1. The predicted molar refractivity (Wildman–Crippen MR) is 89.4 cm³/mol. The predicted octanol–water partition coefficient (Wildman–Crippen LogP) is 1.87. The van der Waals surface area contributed by atoms with Crippen LogP contribution in [-0.4, -0.2) is 25.9 Å². The van der Waals surface area contributed by atoms with Gasteiger partial charge in [0.2, 0.25) is 0 Å². The van der Waals surface area contributed by atoms with Crippen molar-refractivity contribution in [2.45, 2.75) is 25.8 Å². The number of nitrogens with one attached hydrogen (secondary N) is 1. The minimum atomic E-state index is -0.270. The van der Waals surface area contributed by atoms with Gasteiger partial charge in [0.1, 0.15) is 6.10 Å². The van der Waals surface area contributed by atoms with Gasteiger partial charge in [0.05, 0.1) is 31.1 Å². The lowest BCUT2D eigenvalue weighted by atomic mass is 10.1. The van der Waals surface area contributed by atoms with E-state index in [1.54, 1.807) is 10.9 Å². The van der Waals surface area contributed by atoms with Crippen LogP contribution in [0.2, 0.25) is 0 Å². The molecule has 0 saturated heterocycles. The largest absolute Gasteiger partial charge is 0.365 e. The number of pyridine rings is 1. The smallest absolute Gasteiger partial charge is 0.274 e. The Morgan fingerprint density at radius 1 is 1.20 bits per heavy atom. The number of hydrogen-bond acceptors (Lipinski definition) is 5. The average Bonchev–Trinajstić information content (AvgIpc) is 3.11. The number of rotatable bonds is 4. The van der Waals surface area contributed by atoms with E-state index in [2.05, 4.69) is 20.6 Å². The molecule has 7 nitrogen and oxygen atoms in total. The second-order valence-corrected chi connectivity index (χ2v) is 5.78. The van der Waals surface area contributed by atoms with Gasteiger partial charge >= 0.3 is 0 Å². The average molecular weight is 335 g/mol. The lowest BCUT2D eigenvalue weighted by molar-refractivity contribution is -0.00177. The minimum absolute atomic E-state index is 0.0835. The van der Waals surface area contributed by atoms with Crippen LogP contribution in [0.25, 0.3) is 0 Å². The first-order valence-corrected chi connectivity index (χ1v) is 8.08. The topological polar surface area (TPSA) is 81.9 Å². The van der Waals surface area contributed by atoms with E-state index < -0.39 is 0 Å². The highest BCUT2D eigenvalue weighted by molar-refractivity contribution is 5.93. The molecule has 1 aliphatic rings. The van der Waals surface area contributed by atoms with Gasteiger partial charge in [-0.05, 0) is 17.7 Å². The Morgan fingerprint density at radius 2 is 2.04 bits per heavy atom. The highest BCUT2D eigenvalue weighted by Crippen LogP contribution is 2.26. The quantitative estimate of drug-likeness (QED) is 0.787. The van der Waals surface area contributed by atoms with Crippen LogP contribution < -0.4 is 5.32 Å². The number of ether oxygens (including phenoxy) is 1. The number of amides is 1. The second-order valence-electron chi connectivity index (χ2n) is 5.78. The van der Waals surface area contributed by atoms with Gasteiger partial charge in [-0.3, -0.25) is 9.78 Å². The Kier molecular flexibility index (Phi) is 4.22. The first-order valence-electron chi connectivity index (χ1n) is 8.08. The summed E-state index contributed by atoms with van der Waals surface area (Å²) in [4.78, 5) is 16.6. The van der Waals surface area contributed by atoms with Crippen LogP contribution in [-0.2, 0) is 24.4 Å². The van der Waals surface area contributed by atoms with Crippen molar-refractivity contribution in [1.29, 1.82) is 0 Å². The van der Waals surface area contributed by atoms with Gasteiger partial charge in [0.15, 0.2) is 5.69 Å². The standard InChI is InChI=1S/C18H17N5O2/c24-18(20-10-14-8-4-5-9-19-14)17-15-12-25-16(11-23(15)22-21-17)13-6-2-1-3-7-13/h1-9,16H,10-12H2,(H,20,24)/t16-/m0/s1. The van der Waals surface area contributed by atoms with Gasteiger partial charge in [-0.1, -0.05) is 41.6 Å². The molecule has 3 heterocycles. The summed E-state index contributed by atoms with van der Waals surface area (Å²) in [5, 5.41) is 11.0. The van der Waals surface area contributed by atoms with Crippen molar-refractivity contribution in [1.82, 2.24) is 25.3 Å². The molecule has 1 atom stereocenters. The maximum atomic E-state index is 12.4. The van der Waals surface area contributed by atoms with E-state index in [0.29, 0.717) is 31.1 Å². The Bertz CT molecular complexity index is 864. The molecule has 3 aromatic rings. The van der Waals surface area contributed by atoms with Crippen molar-refractivity contribution in [2.75, 3.05) is 0 Å². The lowest BCUT2D eigenvalue weighted by Crippen LogP contribution is -2.27. The first-order chi connectivity index (χ1) is 12.3. The number of nitrogens with zero attached hydrogens (tertiary/aromatic N) is 4. The number of fused-ring (bicyclic) bond motifs is 1. The maximum absolute atomic E-state index is 12.4. The molecule has 0 aliphatic carbocycles. The summed E-state index contributed by atoms with van der Waals surface area (Å²) in [6, 6.07) is 15.5. The molecule has 1 amide bonds. The Balaban J connectivity index is 1.45. The summed E-state index contributed by atoms with van der Waals surface area (Å²) >= 11 is 0. The van der Waals surface area contributed by atoms with Gasteiger partial charge in [-0.2, -0.15) is 0 Å². The molecule has 0 bridgehead atoms. The van der Waals surface area contributed by atoms with E-state index in [9.17, 15) is 4.79 Å². The molecule has 1 aliphatic heterocycles. The summed E-state index contributed by atoms with van der Waals surface area (Å²) in [6.07, 6.45) is 1.61. The first kappa shape index (κ1) is 15.5. The van der Waals surface area contributed by atoms with Gasteiger partial charge in [-0.15, -0.1) is 5.10 Å². The fourth-order valence-corrected chi connectivity index (χ4v) is 2.81. The molecule has 7 heteroatoms. The van der Waals surface area contributed by atoms with Crippen LogP contribution in [0.15, 0.2) is 54.7 Å². The summed E-state index contributed by atoms with van der Waals surface area (Å²) < 4.78 is 7.66. The molecule has 0 unspecified atom stereocenters. The van der Waals surface area contributed by atoms with Gasteiger partial charge < -0.3 is 10.1 Å². The van der Waals surface area contributed by atoms with Crippen molar-refractivity contribution in [3.05, 3.63) is 77.4 Å². The van der Waals surface area contributed by atoms with E-state index in [-0.39, 0.29) is 12.0 Å². The Morgan fingerprint density at radius 3 is 2.84 bits per heavy atom. The van der Waals surface area contributed by atoms with E-state index in [0.717, 1.165) is 11.3 Å². The van der Waals surface area contributed by atoms with Crippen LogP contribution in [0.5, 0.6) is 0 Å². The van der Waals surface area contributed by atoms with Crippen molar-refractivity contribution < 1.29 is 9.53 Å². The fourth-order valence-electron chi connectivity index (χ4n) is 2.81. The molecule has 126 valence electrons. The normalized spacial score (nSPS) is 16.2. The van der Waals surface area contributed by atoms with Gasteiger partial charge in [-0.25, -0.2) is 4.68 Å². The third-order valence-corrected chi connectivity index (χ3v) is 4.14. The second kappa shape index (κ2) is 6.82. The Hall–Kier alpha value is -3.06. The van der Waals surface area contributed by atoms with E-state index >= 15 is 0 Å². The molecule has 1 aromatic carbocycles. The highest BCUT2D eigenvalue weighted by atomic mass is 16.5. The minimum Gasteiger partial charge on any atom is -0.365 e. The number of hydrogen-bond donors (Lipinski definition) is 1. The molecule has 2 aromatic heterocycles. The number of aromatic nitrogens is 4. The molecule has 0 spiro atoms. The van der Waals surface area contributed by atoms with Crippen LogP contribution in [0.3, 0.4) is 0 Å². The van der Waals surface area contributed by atoms with Crippen molar-refractivity contribution >= 4 is 5.91 Å². The molecular formula is C18H17N5O2. The summed E-state index contributed by atoms with van der Waals surface area (Å²) in [6.45, 7) is 1.19. The van der Waals surface area contributed by atoms with Crippen LogP contribution in [0.1, 0.15) is 33.5 Å². The summed E-state index contributed by atoms with van der Waals surface area (Å²) in [5.74, 6) is -0.270. The van der Waals surface area contributed by atoms with Crippen molar-refractivity contribution in [2.24, 2.45) is 0 Å². The molecule has 0 fully saturated rings. The monoisotopic (exact) mass is 335 g/mol. The van der Waals surface area contributed by atoms with E-state index in [1.165, 1.54) is 0 Å². The molecular weight excluding hydrogens is 318 g/mol. The molecule has 25 heavy (non-hydrogen) atoms. The number of carbonyl (C=O) groups excluding carboxylic acids is 1. The van der Waals surface area contributed by atoms with E-state index in [1.807, 2.05) is 48.5 Å². The molecule has 0 radical (unpaired) electrons. The van der Waals surface area contributed by atoms with Gasteiger partial charge in [0.25, 0.3) is 5.91 Å². The number of benzene rings is 1. The fraction of sp³-hybridized carbons (Fsp3) is 0.222. The van der Waals surface area contributed by atoms with Gasteiger partial charge in [0, 0.05) is 6.20 Å². The zero-order valence-electron chi connectivity index (χ0n) is 13.5. The zero-order chi connectivity index (χ0) is 17.1. The maximum Gasteiger partial charge on any atom is 0.274 e. The third kappa shape index (κ3) is 3.27. The SMILES string of the molecule is O=C(NCc1ccccn1)c1nnn2c1CO[C@H](c1ccccc1)C2. The Labute approximate surface area is 144 Å². The highest BCUT2D eigenvalue weighted by Gasteiger charge is 2.27. The van der Waals surface area contributed by atoms with Crippen LogP contribution in [0.4, 0.5) is 0 Å². The van der Waals surface area contributed by atoms with Crippen molar-refractivity contribution in [3.8, 4) is 0 Å². The lowest BCUT2D eigenvalue weighted by Gasteiger charge is -2.24. The van der Waals surface area contributed by atoms with Crippen LogP contribution in [0, 0.1) is 0 Å². The van der Waals surface area contributed by atoms with Crippen molar-refractivity contribution in [3.63, 3.8) is 0 Å². The zero-order valence-corrected chi connectivity index (χ0v) is 13.5. The summed E-state index contributed by atoms with van der Waals surface area (Å²) in [7, 11) is 0. The van der Waals surface area contributed by atoms with Crippen LogP contribution >= 0.6 is 0 Å². The molecule has 4 rings (SSSR count). The summed E-state index contributed by atoms with van der Waals surface area (Å²) in [5.41, 5.74) is 2.88. The third-order valence-electron chi connectivity index (χ3n) is 4.14. The van der Waals surface area contributed by atoms with E-state index in [4.69, 9.17) is 4.74 Å².